The topological polar surface area (TPSA) is 272 Å². The standard InChI is InChI=1S/C16H18N4O7S2.C10H12N4O4S2/c1-6(21)24-5-9-11(25-7(2)22)12(26-8(3)23)14(27-9)20-13-10(29-16(20)28)4-18-15(17)19-13;11-9-12-1-4-7(13-9)14(10(19)20-4)8-6(17)5(16)3(2-15)18-8/h4,9,11-12,14H,5H2,1-3H3,(H2,17,18,19);1,3,5-6,8,15-17H,2H2,(H2,11,12,13)/t9-,11+,12-,14-;3-,5+,6-,8-/m11/s1. The molecule has 6 heterocycles. The summed E-state index contributed by atoms with van der Waals surface area (Å²) < 4.78 is 32.3. The van der Waals surface area contributed by atoms with Crippen molar-refractivity contribution in [3.05, 3.63) is 20.3 Å². The van der Waals surface area contributed by atoms with Gasteiger partial charge in [0, 0.05) is 20.8 Å². The Morgan fingerprint density at radius 1 is 0.816 bits per heavy atom. The number of nitrogens with zero attached hydrogens (tertiary/aromatic N) is 6. The monoisotopic (exact) mass is 758 g/mol. The molecular formula is C26H30N8O11S4. The number of aliphatic hydroxyl groups is 3. The molecule has 4 aromatic rings. The second-order valence-electron chi connectivity index (χ2n) is 10.6. The zero-order chi connectivity index (χ0) is 35.7. The van der Waals surface area contributed by atoms with E-state index in [-0.39, 0.29) is 18.5 Å². The van der Waals surface area contributed by atoms with E-state index in [0.717, 1.165) is 0 Å². The molecule has 2 aliphatic rings. The van der Waals surface area contributed by atoms with Gasteiger partial charge in [0.25, 0.3) is 0 Å². The summed E-state index contributed by atoms with van der Waals surface area (Å²) >= 11 is 13.1. The predicted molar refractivity (Wildman–Crippen MR) is 176 cm³/mol. The minimum absolute atomic E-state index is 0.0223. The molecular weight excluding hydrogens is 729 g/mol. The van der Waals surface area contributed by atoms with Gasteiger partial charge in [-0.05, 0) is 24.4 Å². The first kappa shape index (κ1) is 36.5. The Labute approximate surface area is 294 Å². The van der Waals surface area contributed by atoms with E-state index in [2.05, 4.69) is 19.9 Å². The van der Waals surface area contributed by atoms with E-state index in [9.17, 15) is 24.6 Å². The average Bonchev–Trinajstić information content (AvgIpc) is 3.72. The Morgan fingerprint density at radius 3 is 1.78 bits per heavy atom. The molecule has 264 valence electrons. The number of carbonyl (C=O) groups is 3. The molecule has 0 spiro atoms. The van der Waals surface area contributed by atoms with Crippen LogP contribution in [0.2, 0.25) is 0 Å². The number of nitrogens with two attached hydrogens (primary N) is 2. The molecule has 2 saturated heterocycles. The zero-order valence-corrected chi connectivity index (χ0v) is 29.0. The quantitative estimate of drug-likeness (QED) is 0.0977. The van der Waals surface area contributed by atoms with Crippen molar-refractivity contribution < 1.29 is 53.4 Å². The van der Waals surface area contributed by atoms with Crippen LogP contribution in [0.3, 0.4) is 0 Å². The van der Waals surface area contributed by atoms with E-state index < -0.39 is 73.6 Å². The second kappa shape index (κ2) is 15.0. The van der Waals surface area contributed by atoms with Crippen molar-refractivity contribution in [1.82, 2.24) is 29.1 Å². The SMILES string of the molecule is CC(=O)OC[C@H]1O[C@@H](n2c(=S)sc3cnc(N)nc32)[C@H](OC(C)=O)[C@H]1OC(C)=O.Nc1ncc2sc(=S)n([C@@H]3O[C@H](CO)[C@H](O)[C@H]3O)c2n1. The molecule has 0 aliphatic carbocycles. The van der Waals surface area contributed by atoms with Crippen LogP contribution in [0.15, 0.2) is 12.4 Å². The van der Waals surface area contributed by atoms with E-state index in [1.807, 2.05) is 0 Å². The van der Waals surface area contributed by atoms with Crippen molar-refractivity contribution in [2.24, 2.45) is 0 Å². The first-order valence-corrected chi connectivity index (χ1v) is 16.7. The minimum atomic E-state index is -1.21. The second-order valence-corrected chi connectivity index (χ2v) is 13.9. The highest BCUT2D eigenvalue weighted by Crippen LogP contribution is 2.38. The van der Waals surface area contributed by atoms with E-state index in [4.69, 9.17) is 64.7 Å². The number of rotatable bonds is 7. The fraction of sp³-hybridized carbons (Fsp3) is 0.500. The van der Waals surface area contributed by atoms with E-state index in [0.29, 0.717) is 28.6 Å². The van der Waals surface area contributed by atoms with Gasteiger partial charge in [-0.3, -0.25) is 23.5 Å². The van der Waals surface area contributed by atoms with Crippen LogP contribution in [0.4, 0.5) is 11.9 Å². The van der Waals surface area contributed by atoms with Crippen LogP contribution in [0.1, 0.15) is 33.2 Å². The highest BCUT2D eigenvalue weighted by Gasteiger charge is 2.51. The molecule has 0 radical (unpaired) electrons. The van der Waals surface area contributed by atoms with Gasteiger partial charge in [-0.25, -0.2) is 9.97 Å². The Balaban J connectivity index is 0.000000204. The van der Waals surface area contributed by atoms with Crippen molar-refractivity contribution in [3.8, 4) is 0 Å². The fourth-order valence-corrected chi connectivity index (χ4v) is 7.70. The van der Waals surface area contributed by atoms with Gasteiger partial charge in [0.1, 0.15) is 31.0 Å². The highest BCUT2D eigenvalue weighted by molar-refractivity contribution is 7.74. The average molecular weight is 759 g/mol. The summed E-state index contributed by atoms with van der Waals surface area (Å²) in [4.78, 5) is 50.7. The van der Waals surface area contributed by atoms with Crippen LogP contribution in [0.5, 0.6) is 0 Å². The van der Waals surface area contributed by atoms with Gasteiger partial charge >= 0.3 is 17.9 Å². The molecule has 2 fully saturated rings. The fourth-order valence-electron chi connectivity index (χ4n) is 5.14. The van der Waals surface area contributed by atoms with Gasteiger partial charge in [0.15, 0.2) is 43.9 Å². The molecule has 8 atom stereocenters. The van der Waals surface area contributed by atoms with Crippen molar-refractivity contribution >= 4 is 97.6 Å². The lowest BCUT2D eigenvalue weighted by Gasteiger charge is -2.23. The number of anilines is 2. The molecule has 7 N–H and O–H groups in total. The number of aromatic nitrogens is 6. The third kappa shape index (κ3) is 7.68. The van der Waals surface area contributed by atoms with Gasteiger partial charge in [0.05, 0.1) is 28.4 Å². The molecule has 2 aliphatic heterocycles. The van der Waals surface area contributed by atoms with Crippen molar-refractivity contribution in [3.63, 3.8) is 0 Å². The molecule has 0 aromatic carbocycles. The van der Waals surface area contributed by atoms with Gasteiger partial charge in [-0.15, -0.1) is 22.7 Å². The number of carbonyl (C=O) groups excluding carboxylic acids is 3. The molecule has 4 aromatic heterocycles. The summed E-state index contributed by atoms with van der Waals surface area (Å²) in [5, 5.41) is 29.0. The van der Waals surface area contributed by atoms with E-state index in [1.54, 1.807) is 0 Å². The first-order valence-electron chi connectivity index (χ1n) is 14.2. The maximum Gasteiger partial charge on any atom is 0.303 e. The lowest BCUT2D eigenvalue weighted by molar-refractivity contribution is -0.166. The normalized spacial score (nSPS) is 26.3. The number of esters is 3. The highest BCUT2D eigenvalue weighted by atomic mass is 32.2. The van der Waals surface area contributed by atoms with Crippen LogP contribution in [-0.2, 0) is 38.1 Å². The number of hydrogen-bond donors (Lipinski definition) is 5. The number of thiazole rings is 2. The number of nitrogen functional groups attached to an aromatic ring is 2. The molecule has 0 amide bonds. The van der Waals surface area contributed by atoms with Crippen LogP contribution < -0.4 is 11.5 Å². The molecule has 0 saturated carbocycles. The third-order valence-electron chi connectivity index (χ3n) is 7.12. The summed E-state index contributed by atoms with van der Waals surface area (Å²) in [6.45, 7) is 3.04. The summed E-state index contributed by atoms with van der Waals surface area (Å²) in [7, 11) is 0. The van der Waals surface area contributed by atoms with Gasteiger partial charge < -0.3 is 50.5 Å². The number of ether oxygens (including phenoxy) is 5. The largest absolute Gasteiger partial charge is 0.463 e. The lowest BCUT2D eigenvalue weighted by atomic mass is 10.1. The maximum atomic E-state index is 11.7. The molecule has 49 heavy (non-hydrogen) atoms. The number of hydrogen-bond acceptors (Lipinski definition) is 21. The number of aliphatic hydroxyl groups excluding tert-OH is 3. The summed E-state index contributed by atoms with van der Waals surface area (Å²) in [5.74, 6) is -1.68. The van der Waals surface area contributed by atoms with E-state index >= 15 is 0 Å². The summed E-state index contributed by atoms with van der Waals surface area (Å²) in [6, 6.07) is 0. The molecule has 0 bridgehead atoms. The molecule has 0 unspecified atom stereocenters. The van der Waals surface area contributed by atoms with Crippen LogP contribution >= 0.6 is 47.1 Å². The smallest absolute Gasteiger partial charge is 0.303 e. The summed E-state index contributed by atoms with van der Waals surface area (Å²) in [6.07, 6.45) is -5.11. The Morgan fingerprint density at radius 2 is 1.31 bits per heavy atom. The van der Waals surface area contributed by atoms with Crippen LogP contribution in [0.25, 0.3) is 20.7 Å². The third-order valence-corrected chi connectivity index (χ3v) is 9.77. The van der Waals surface area contributed by atoms with Crippen LogP contribution in [0, 0.1) is 7.91 Å². The van der Waals surface area contributed by atoms with Gasteiger partial charge in [0.2, 0.25) is 11.9 Å². The van der Waals surface area contributed by atoms with E-state index in [1.165, 1.54) is 65.0 Å². The Kier molecular flexibility index (Phi) is 11.1. The van der Waals surface area contributed by atoms with Crippen molar-refractivity contribution in [2.45, 2.75) is 69.9 Å². The lowest BCUT2D eigenvalue weighted by Crippen LogP contribution is -2.40. The molecule has 19 nitrogen and oxygen atoms in total. The minimum Gasteiger partial charge on any atom is -0.463 e. The summed E-state index contributed by atoms with van der Waals surface area (Å²) in [5.41, 5.74) is 12.1. The maximum absolute atomic E-state index is 11.7. The van der Waals surface area contributed by atoms with Gasteiger partial charge in [-0.1, -0.05) is 0 Å². The molecule has 6 rings (SSSR count). The Hall–Kier alpha value is -3.81. The van der Waals surface area contributed by atoms with Crippen LogP contribution in [-0.4, -0.2) is 112 Å². The molecule has 23 heteroatoms. The zero-order valence-electron chi connectivity index (χ0n) is 25.8. The Bertz CT molecular complexity index is 2000. The predicted octanol–water partition coefficient (Wildman–Crippen LogP) is 0.544. The number of fused-ring (bicyclic) bond motifs is 2. The van der Waals surface area contributed by atoms with Crippen molar-refractivity contribution in [1.29, 1.82) is 0 Å². The van der Waals surface area contributed by atoms with Gasteiger partial charge in [-0.2, -0.15) is 9.97 Å². The first-order chi connectivity index (χ1) is 23.2. The van der Waals surface area contributed by atoms with Crippen molar-refractivity contribution in [2.75, 3.05) is 24.7 Å².